The van der Waals surface area contributed by atoms with Crippen molar-refractivity contribution in [3.8, 4) is 5.69 Å². The molecule has 35 heavy (non-hydrogen) atoms. The lowest BCUT2D eigenvalue weighted by atomic mass is 10.1. The van der Waals surface area contributed by atoms with Crippen molar-refractivity contribution in [2.45, 2.75) is 23.4 Å². The predicted molar refractivity (Wildman–Crippen MR) is 111 cm³/mol. The molecular formula is C20H11ClF9N3OS. The van der Waals surface area contributed by atoms with Crippen LogP contribution >= 0.6 is 23.4 Å². The lowest BCUT2D eigenvalue weighted by Gasteiger charge is -2.20. The van der Waals surface area contributed by atoms with E-state index in [1.807, 2.05) is 5.32 Å². The maximum absolute atomic E-state index is 13.5. The number of nitrogens with one attached hydrogen (secondary N) is 1. The van der Waals surface area contributed by atoms with E-state index in [1.54, 1.807) is 0 Å². The van der Waals surface area contributed by atoms with Crippen LogP contribution in [0.15, 0.2) is 58.2 Å². The minimum atomic E-state index is -5.32. The van der Waals surface area contributed by atoms with Gasteiger partial charge in [0.1, 0.15) is 0 Å². The minimum absolute atomic E-state index is 0.0712. The molecule has 4 nitrogen and oxygen atoms in total. The van der Waals surface area contributed by atoms with Gasteiger partial charge in [0.2, 0.25) is 5.95 Å². The number of rotatable bonds is 5. The summed E-state index contributed by atoms with van der Waals surface area (Å²) in [7, 11) is 0. The van der Waals surface area contributed by atoms with Gasteiger partial charge in [0.05, 0.1) is 27.7 Å². The predicted octanol–water partition coefficient (Wildman–Crippen LogP) is 7.32. The van der Waals surface area contributed by atoms with Gasteiger partial charge in [0.25, 0.3) is 5.56 Å². The van der Waals surface area contributed by atoms with E-state index in [1.165, 1.54) is 36.0 Å². The first-order valence-corrected chi connectivity index (χ1v) is 10.7. The van der Waals surface area contributed by atoms with E-state index >= 15 is 0 Å². The van der Waals surface area contributed by atoms with E-state index in [0.717, 1.165) is 0 Å². The van der Waals surface area contributed by atoms with Crippen molar-refractivity contribution in [3.05, 3.63) is 75.7 Å². The number of halogens is 10. The summed E-state index contributed by atoms with van der Waals surface area (Å²) in [6.45, 7) is 0. The fourth-order valence-electron chi connectivity index (χ4n) is 2.90. The van der Waals surface area contributed by atoms with Gasteiger partial charge < -0.3 is 5.32 Å². The van der Waals surface area contributed by atoms with Gasteiger partial charge in [-0.3, -0.25) is 4.79 Å². The number of aromatic nitrogens is 2. The van der Waals surface area contributed by atoms with E-state index in [0.29, 0.717) is 21.6 Å². The van der Waals surface area contributed by atoms with Gasteiger partial charge in [-0.05, 0) is 42.5 Å². The smallest absolute Gasteiger partial charge is 0.325 e. The van der Waals surface area contributed by atoms with Crippen molar-refractivity contribution in [2.75, 3.05) is 10.5 Å². The van der Waals surface area contributed by atoms with Crippen LogP contribution in [-0.4, -0.2) is 14.8 Å². The molecule has 0 aliphatic rings. The summed E-state index contributed by atoms with van der Waals surface area (Å²) in [5.74, 6) is -0.993. The molecule has 0 aliphatic carbocycles. The van der Waals surface area contributed by atoms with Gasteiger partial charge >= 0.3 is 18.5 Å². The fourth-order valence-corrected chi connectivity index (χ4v) is 3.73. The maximum atomic E-state index is 13.5. The zero-order valence-corrected chi connectivity index (χ0v) is 18.4. The Balaban J connectivity index is 2.22. The van der Waals surface area contributed by atoms with E-state index in [-0.39, 0.29) is 23.0 Å². The molecular weight excluding hydrogens is 537 g/mol. The largest absolute Gasteiger partial charge is 0.433 e. The highest BCUT2D eigenvalue weighted by Crippen LogP contribution is 2.40. The molecule has 0 saturated heterocycles. The first-order valence-electron chi connectivity index (χ1n) is 9.17. The van der Waals surface area contributed by atoms with Crippen molar-refractivity contribution in [1.29, 1.82) is 0 Å². The molecule has 0 fully saturated rings. The highest BCUT2D eigenvalue weighted by atomic mass is 35.5. The van der Waals surface area contributed by atoms with Crippen LogP contribution in [-0.2, 0) is 18.5 Å². The van der Waals surface area contributed by atoms with E-state index in [2.05, 4.69) is 4.98 Å². The van der Waals surface area contributed by atoms with Crippen molar-refractivity contribution < 1.29 is 39.5 Å². The Morgan fingerprint density at radius 2 is 1.49 bits per heavy atom. The molecule has 0 saturated carbocycles. The van der Waals surface area contributed by atoms with Gasteiger partial charge in [-0.1, -0.05) is 0 Å². The zero-order chi connectivity index (χ0) is 26.2. The van der Waals surface area contributed by atoms with Crippen molar-refractivity contribution in [2.24, 2.45) is 0 Å². The summed E-state index contributed by atoms with van der Waals surface area (Å²) in [4.78, 5) is 16.4. The topological polar surface area (TPSA) is 46.9 Å². The van der Waals surface area contributed by atoms with Gasteiger partial charge in [0, 0.05) is 11.0 Å². The molecule has 0 aliphatic heterocycles. The summed E-state index contributed by atoms with van der Waals surface area (Å²) in [5, 5.41) is 2.12. The highest BCUT2D eigenvalue weighted by molar-refractivity contribution is 8.00. The van der Waals surface area contributed by atoms with Crippen molar-refractivity contribution in [3.63, 3.8) is 0 Å². The fraction of sp³-hybridized carbons (Fsp3) is 0.200. The molecule has 0 bridgehead atoms. The maximum Gasteiger partial charge on any atom is 0.433 e. The number of thioether (sulfide) groups is 1. The average Bonchev–Trinajstić information content (AvgIpc) is 2.72. The van der Waals surface area contributed by atoms with Crippen LogP contribution in [0.2, 0.25) is 0 Å². The Labute approximate surface area is 199 Å². The van der Waals surface area contributed by atoms with Crippen LogP contribution in [0.1, 0.15) is 16.8 Å². The Bertz CT molecular complexity index is 1270. The average molecular weight is 548 g/mol. The van der Waals surface area contributed by atoms with E-state index in [4.69, 9.17) is 11.6 Å². The lowest BCUT2D eigenvalue weighted by molar-refractivity contribution is -0.143. The van der Waals surface area contributed by atoms with E-state index < -0.39 is 52.5 Å². The normalized spacial score (nSPS) is 12.6. The molecule has 1 aromatic heterocycles. The molecule has 1 heterocycles. The number of benzene rings is 2. The second-order valence-corrected chi connectivity index (χ2v) is 8.40. The molecule has 188 valence electrons. The van der Waals surface area contributed by atoms with Crippen LogP contribution in [0.5, 0.6) is 0 Å². The number of hydrogen-bond donors (Lipinski definition) is 1. The first-order chi connectivity index (χ1) is 16.1. The first kappa shape index (κ1) is 26.7. The molecule has 1 N–H and O–H groups in total. The quantitative estimate of drug-likeness (QED) is 0.207. The summed E-state index contributed by atoms with van der Waals surface area (Å²) >= 11 is 6.79. The lowest BCUT2D eigenvalue weighted by Crippen LogP contribution is -2.26. The SMILES string of the molecule is O=c1cc(C(F)(F)F)nc(Nc2ccc(C(F)(F)F)cc2C(F)(F)F)n1-c1ccc(SCCl)cc1. The monoisotopic (exact) mass is 547 g/mol. The Morgan fingerprint density at radius 1 is 0.857 bits per heavy atom. The van der Waals surface area contributed by atoms with Gasteiger partial charge in [-0.15, -0.1) is 23.4 Å². The van der Waals surface area contributed by atoms with Crippen molar-refractivity contribution in [1.82, 2.24) is 9.55 Å². The molecule has 15 heteroatoms. The number of alkyl halides is 10. The third-order valence-corrected chi connectivity index (χ3v) is 5.47. The Hall–Kier alpha value is -2.87. The summed E-state index contributed by atoms with van der Waals surface area (Å²) < 4.78 is 120. The molecule has 0 unspecified atom stereocenters. The summed E-state index contributed by atoms with van der Waals surface area (Å²) in [6.07, 6.45) is -15.6. The zero-order valence-electron chi connectivity index (χ0n) is 16.8. The molecule has 0 spiro atoms. The Morgan fingerprint density at radius 3 is 2.00 bits per heavy atom. The van der Waals surface area contributed by atoms with Crippen molar-refractivity contribution >= 4 is 35.0 Å². The minimum Gasteiger partial charge on any atom is -0.325 e. The molecule has 3 aromatic rings. The summed E-state index contributed by atoms with van der Waals surface area (Å²) in [6, 6.07) is 6.13. The summed E-state index contributed by atoms with van der Waals surface area (Å²) in [5.41, 5.74) is -7.57. The Kier molecular flexibility index (Phi) is 7.37. The van der Waals surface area contributed by atoms with Crippen LogP contribution in [0.4, 0.5) is 51.1 Å². The molecule has 0 atom stereocenters. The third kappa shape index (κ3) is 6.23. The van der Waals surface area contributed by atoms with Crippen LogP contribution in [0.25, 0.3) is 5.69 Å². The molecule has 0 amide bonds. The van der Waals surface area contributed by atoms with Gasteiger partial charge in [-0.25, -0.2) is 9.55 Å². The standard InChI is InChI=1S/C20H11ClF9N3OS/c21-9-35-12-4-2-11(3-5-12)33-16(34)8-15(20(28,29)30)32-17(33)31-14-6-1-10(18(22,23)24)7-13(14)19(25,26)27/h1-8H,9H2,(H,31,32). The van der Waals surface area contributed by atoms with Crippen LogP contribution in [0.3, 0.4) is 0 Å². The number of anilines is 2. The van der Waals surface area contributed by atoms with Gasteiger partial charge in [0.15, 0.2) is 5.69 Å². The molecule has 2 aromatic carbocycles. The number of hydrogen-bond acceptors (Lipinski definition) is 4. The number of nitrogens with zero attached hydrogens (tertiary/aromatic N) is 2. The molecule has 3 rings (SSSR count). The van der Waals surface area contributed by atoms with Crippen LogP contribution in [0, 0.1) is 0 Å². The second-order valence-electron chi connectivity index (χ2n) is 6.76. The third-order valence-electron chi connectivity index (χ3n) is 4.42. The van der Waals surface area contributed by atoms with Gasteiger partial charge in [-0.2, -0.15) is 39.5 Å². The second kappa shape index (κ2) is 9.64. The molecule has 0 radical (unpaired) electrons. The van der Waals surface area contributed by atoms with E-state index in [9.17, 15) is 44.3 Å². The highest BCUT2D eigenvalue weighted by Gasteiger charge is 2.39. The van der Waals surface area contributed by atoms with Crippen LogP contribution < -0.4 is 10.9 Å².